The van der Waals surface area contributed by atoms with Gasteiger partial charge >= 0.3 is 0 Å². The fraction of sp³-hybridized carbons (Fsp3) is 0. The van der Waals surface area contributed by atoms with E-state index in [1.54, 1.807) is 0 Å². The second-order valence-electron chi connectivity index (χ2n) is 16.5. The predicted molar refractivity (Wildman–Crippen MR) is 264 cm³/mol. The van der Waals surface area contributed by atoms with Crippen molar-refractivity contribution in [2.45, 2.75) is 0 Å². The molecule has 0 saturated heterocycles. The Morgan fingerprint density at radius 1 is 0.333 bits per heavy atom. The predicted octanol–water partition coefficient (Wildman–Crippen LogP) is 15.4. The van der Waals surface area contributed by atoms with Gasteiger partial charge in [0.15, 0.2) is 11.0 Å². The van der Waals surface area contributed by atoms with E-state index in [0.717, 1.165) is 61.2 Å². The Kier molecular flexibility index (Phi) is 7.91. The van der Waals surface area contributed by atoms with E-state index in [-0.39, 0.29) is 0 Å². The first-order valence-corrected chi connectivity index (χ1v) is 21.6. The summed E-state index contributed by atoms with van der Waals surface area (Å²) in [7, 11) is 0. The fourth-order valence-corrected chi connectivity index (χ4v) is 10.1. The van der Waals surface area contributed by atoms with Gasteiger partial charge in [0.05, 0.1) is 16.8 Å². The monoisotopic (exact) mass is 800 g/mol. The minimum atomic E-state index is 0.962. The maximum absolute atomic E-state index is 5.70. The van der Waals surface area contributed by atoms with Crippen molar-refractivity contribution in [1.82, 2.24) is 9.97 Å². The minimum Gasteiger partial charge on any atom is -0.247 e. The Balaban J connectivity index is 1.08. The van der Waals surface area contributed by atoms with Gasteiger partial charge in [-0.15, -0.1) is 0 Å². The summed E-state index contributed by atoms with van der Waals surface area (Å²) in [6.07, 6.45) is 0. The molecule has 13 aromatic rings. The highest BCUT2D eigenvalue weighted by Crippen LogP contribution is 2.45. The quantitative estimate of drug-likeness (QED) is 0.136. The van der Waals surface area contributed by atoms with Crippen LogP contribution in [-0.2, 0) is 0 Å². The molecule has 63 heavy (non-hydrogen) atoms. The third-order valence-corrected chi connectivity index (χ3v) is 13.0. The first-order chi connectivity index (χ1) is 31.2. The Morgan fingerprint density at radius 3 is 1.51 bits per heavy atom. The molecule has 0 unspecified atom stereocenters. The van der Waals surface area contributed by atoms with E-state index < -0.39 is 0 Å². The van der Waals surface area contributed by atoms with Crippen LogP contribution in [0.25, 0.3) is 126 Å². The zero-order valence-electron chi connectivity index (χ0n) is 34.3. The van der Waals surface area contributed by atoms with Gasteiger partial charge in [-0.3, -0.25) is 0 Å². The summed E-state index contributed by atoms with van der Waals surface area (Å²) in [6, 6.07) is 81.5. The number of benzene rings is 11. The van der Waals surface area contributed by atoms with Crippen LogP contribution < -0.4 is 4.57 Å². The van der Waals surface area contributed by atoms with E-state index >= 15 is 0 Å². The summed E-state index contributed by atoms with van der Waals surface area (Å²) < 4.78 is 2.32. The number of aromatic amines is 1. The maximum Gasteiger partial charge on any atom is 0.292 e. The van der Waals surface area contributed by atoms with Crippen LogP contribution >= 0.6 is 0 Å². The second kappa shape index (κ2) is 14.1. The molecule has 0 radical (unpaired) electrons. The average molecular weight is 801 g/mol. The van der Waals surface area contributed by atoms with Crippen molar-refractivity contribution in [2.24, 2.45) is 0 Å². The molecule has 0 atom stereocenters. The molecule has 2 heterocycles. The van der Waals surface area contributed by atoms with Gasteiger partial charge in [0.25, 0.3) is 5.82 Å². The number of aromatic nitrogens is 3. The molecule has 0 aliphatic rings. The lowest BCUT2D eigenvalue weighted by molar-refractivity contribution is -0.554. The van der Waals surface area contributed by atoms with Crippen molar-refractivity contribution < 1.29 is 4.57 Å². The smallest absolute Gasteiger partial charge is 0.247 e. The van der Waals surface area contributed by atoms with Gasteiger partial charge in [0, 0.05) is 16.3 Å². The van der Waals surface area contributed by atoms with Gasteiger partial charge in [-0.25, -0.2) is 9.97 Å². The molecule has 3 heteroatoms. The molecule has 11 aromatic carbocycles. The average Bonchev–Trinajstić information content (AvgIpc) is 3.75. The molecule has 2 aromatic heterocycles. The zero-order valence-corrected chi connectivity index (χ0v) is 34.3. The van der Waals surface area contributed by atoms with E-state index in [0.29, 0.717) is 0 Å². The van der Waals surface area contributed by atoms with Crippen molar-refractivity contribution >= 4 is 75.8 Å². The molecule has 0 bridgehead atoms. The largest absolute Gasteiger partial charge is 0.292 e. The Hall–Kier alpha value is -8.40. The summed E-state index contributed by atoms with van der Waals surface area (Å²) in [5.74, 6) is 1.04. The summed E-state index contributed by atoms with van der Waals surface area (Å²) in [4.78, 5) is 9.44. The summed E-state index contributed by atoms with van der Waals surface area (Å²) in [6.45, 7) is 0. The lowest BCUT2D eigenvalue weighted by Gasteiger charge is -2.18. The number of nitrogens with one attached hydrogen (secondary N) is 1. The lowest BCUT2D eigenvalue weighted by atomic mass is 9.87. The second-order valence-corrected chi connectivity index (χ2v) is 16.5. The highest BCUT2D eigenvalue weighted by molar-refractivity contribution is 6.21. The van der Waals surface area contributed by atoms with Crippen LogP contribution in [-0.4, -0.2) is 9.97 Å². The Morgan fingerprint density at radius 2 is 0.825 bits per heavy atom. The van der Waals surface area contributed by atoms with Crippen LogP contribution in [0, 0.1) is 0 Å². The molecule has 0 aliphatic carbocycles. The maximum atomic E-state index is 5.70. The van der Waals surface area contributed by atoms with Gasteiger partial charge in [-0.1, -0.05) is 164 Å². The molecule has 0 aliphatic heterocycles. The Labute approximate surface area is 363 Å². The molecule has 0 amide bonds. The number of imidazole rings is 1. The third-order valence-electron chi connectivity index (χ3n) is 13.0. The van der Waals surface area contributed by atoms with Crippen LogP contribution in [0.15, 0.2) is 224 Å². The number of pyridine rings is 1. The van der Waals surface area contributed by atoms with Crippen LogP contribution in [0.4, 0.5) is 0 Å². The van der Waals surface area contributed by atoms with Crippen molar-refractivity contribution in [3.05, 3.63) is 224 Å². The van der Waals surface area contributed by atoms with E-state index in [4.69, 9.17) is 4.98 Å². The number of hydrogen-bond donors (Lipinski definition) is 1. The molecule has 3 nitrogen and oxygen atoms in total. The number of para-hydroxylation sites is 3. The number of fused-ring (bicyclic) bond motifs is 10. The first kappa shape index (κ1) is 35.4. The van der Waals surface area contributed by atoms with Gasteiger partial charge in [-0.05, 0) is 131 Å². The first-order valence-electron chi connectivity index (χ1n) is 21.6. The van der Waals surface area contributed by atoms with Crippen molar-refractivity contribution in [2.75, 3.05) is 0 Å². The number of hydrogen-bond acceptors (Lipinski definition) is 1. The lowest BCUT2D eigenvalue weighted by Crippen LogP contribution is -2.31. The zero-order chi connectivity index (χ0) is 41.4. The van der Waals surface area contributed by atoms with Gasteiger partial charge in [0.1, 0.15) is 5.69 Å². The third kappa shape index (κ3) is 5.60. The molecule has 13 rings (SSSR count). The van der Waals surface area contributed by atoms with Crippen LogP contribution in [0.2, 0.25) is 0 Å². The number of rotatable bonds is 5. The van der Waals surface area contributed by atoms with Crippen LogP contribution in [0.3, 0.4) is 0 Å². The molecule has 292 valence electrons. The number of H-pyrrole nitrogens is 1. The van der Waals surface area contributed by atoms with Crippen LogP contribution in [0.1, 0.15) is 0 Å². The van der Waals surface area contributed by atoms with Crippen molar-refractivity contribution in [3.8, 4) is 50.6 Å². The molecule has 1 N–H and O–H groups in total. The SMILES string of the molecule is c1ccc(-[n+]2c(-c3ccc(-c4cc5c(-c6cc7ccccc7c7ccccc67)cc(-c6cc7ccccc7c7ccccc67)nc5c5ccccc45)cc3)[nH]c3ccccc32)cc1. The summed E-state index contributed by atoms with van der Waals surface area (Å²) >= 11 is 0. The minimum absolute atomic E-state index is 0.962. The standard InChI is InChI=1S/C60H37N3/c1-2-18-42(19-3-1)63-58-29-15-14-28-56(58)62-60(63)39-32-30-38(31-33-39)51-36-55-53(52-34-40-16-4-6-20-43(40)45-22-8-10-24-47(45)52)37-57(61-59(55)50-27-13-12-26-49(50)51)54-35-41-17-5-7-21-44(41)46-23-9-11-25-48(46)54/h1-37H/p+1. The Bertz CT molecular complexity index is 3960. The van der Waals surface area contributed by atoms with Gasteiger partial charge in [-0.2, -0.15) is 4.57 Å². The summed E-state index contributed by atoms with van der Waals surface area (Å²) in [5, 5.41) is 13.2. The highest BCUT2D eigenvalue weighted by Gasteiger charge is 2.23. The van der Waals surface area contributed by atoms with E-state index in [9.17, 15) is 0 Å². The van der Waals surface area contributed by atoms with E-state index in [2.05, 4.69) is 234 Å². The molecule has 0 spiro atoms. The van der Waals surface area contributed by atoms with E-state index in [1.165, 1.54) is 65.2 Å². The van der Waals surface area contributed by atoms with Gasteiger partial charge in [0.2, 0.25) is 0 Å². The molecule has 0 fully saturated rings. The van der Waals surface area contributed by atoms with Crippen molar-refractivity contribution in [3.63, 3.8) is 0 Å². The topological polar surface area (TPSA) is 32.6 Å². The summed E-state index contributed by atoms with van der Waals surface area (Å²) in [5.41, 5.74) is 12.2. The van der Waals surface area contributed by atoms with E-state index in [1.807, 2.05) is 0 Å². The van der Waals surface area contributed by atoms with Crippen LogP contribution in [0.5, 0.6) is 0 Å². The highest BCUT2D eigenvalue weighted by atomic mass is 15.1. The van der Waals surface area contributed by atoms with Gasteiger partial charge < -0.3 is 0 Å². The fourth-order valence-electron chi connectivity index (χ4n) is 10.1. The molecular weight excluding hydrogens is 763 g/mol. The molecule has 0 saturated carbocycles. The van der Waals surface area contributed by atoms with Crippen molar-refractivity contribution in [1.29, 1.82) is 0 Å². The number of nitrogens with zero attached hydrogens (tertiary/aromatic N) is 2. The molecular formula is C60H38N3+. The normalized spacial score (nSPS) is 11.8.